The maximum atomic E-state index is 13.0. The lowest BCUT2D eigenvalue weighted by atomic mass is 9.98. The molecule has 0 atom stereocenters. The zero-order chi connectivity index (χ0) is 22.3. The zero-order valence-corrected chi connectivity index (χ0v) is 17.3. The number of benzene rings is 1. The molecule has 9 heteroatoms. The van der Waals surface area contributed by atoms with Gasteiger partial charge in [0.2, 0.25) is 0 Å². The molecule has 2 fully saturated rings. The predicted molar refractivity (Wildman–Crippen MR) is 108 cm³/mol. The average Bonchev–Trinajstić information content (AvgIpc) is 3.36. The van der Waals surface area contributed by atoms with Crippen molar-refractivity contribution in [3.05, 3.63) is 47.3 Å². The second-order valence-corrected chi connectivity index (χ2v) is 8.03. The van der Waals surface area contributed by atoms with Gasteiger partial charge in [0.15, 0.2) is 5.78 Å². The highest BCUT2D eigenvalue weighted by Crippen LogP contribution is 2.35. The molecule has 1 saturated heterocycles. The Morgan fingerprint density at radius 3 is 2.42 bits per heavy atom. The quantitative estimate of drug-likeness (QED) is 0.558. The summed E-state index contributed by atoms with van der Waals surface area (Å²) < 4.78 is 30.9. The normalized spacial score (nSPS) is 17.6. The van der Waals surface area contributed by atoms with E-state index in [1.165, 1.54) is 12.1 Å². The molecular formula is C22H23F2N3O4. The van der Waals surface area contributed by atoms with Crippen molar-refractivity contribution in [3.8, 4) is 11.4 Å². The van der Waals surface area contributed by atoms with E-state index in [0.717, 1.165) is 23.4 Å². The number of nitrogens with one attached hydrogen (secondary N) is 1. The third kappa shape index (κ3) is 3.68. The van der Waals surface area contributed by atoms with Gasteiger partial charge >= 0.3 is 12.6 Å². The molecule has 7 nitrogen and oxygen atoms in total. The van der Waals surface area contributed by atoms with E-state index in [4.69, 9.17) is 0 Å². The summed E-state index contributed by atoms with van der Waals surface area (Å²) in [6, 6.07) is 7.27. The fraction of sp³-hybridized carbons (Fsp3) is 0.409. The van der Waals surface area contributed by atoms with E-state index in [0.29, 0.717) is 29.8 Å². The summed E-state index contributed by atoms with van der Waals surface area (Å²) in [5.41, 5.74) is 1.62. The molecule has 164 valence electrons. The number of halogens is 2. The van der Waals surface area contributed by atoms with Crippen LogP contribution in [-0.4, -0.2) is 45.9 Å². The van der Waals surface area contributed by atoms with E-state index in [-0.39, 0.29) is 24.0 Å². The Kier molecular flexibility index (Phi) is 5.28. The highest BCUT2D eigenvalue weighted by Gasteiger charge is 2.52. The van der Waals surface area contributed by atoms with Crippen molar-refractivity contribution in [1.82, 2.24) is 14.8 Å². The summed E-state index contributed by atoms with van der Waals surface area (Å²) in [4.78, 5) is 39.2. The Balaban J connectivity index is 1.55. The van der Waals surface area contributed by atoms with Crippen LogP contribution in [0, 0.1) is 13.8 Å². The van der Waals surface area contributed by atoms with Crippen LogP contribution in [0.5, 0.6) is 5.75 Å². The molecule has 0 radical (unpaired) electrons. The van der Waals surface area contributed by atoms with E-state index in [1.807, 2.05) is 11.5 Å². The van der Waals surface area contributed by atoms with E-state index in [1.54, 1.807) is 25.1 Å². The topological polar surface area (TPSA) is 80.6 Å². The van der Waals surface area contributed by atoms with Crippen LogP contribution in [0.25, 0.3) is 5.69 Å². The summed E-state index contributed by atoms with van der Waals surface area (Å²) in [6.07, 6.45) is 2.94. The number of hydrogen-bond donors (Lipinski definition) is 1. The number of carbonyl (C=O) groups is 3. The van der Waals surface area contributed by atoms with Crippen LogP contribution in [0.2, 0.25) is 0 Å². The summed E-state index contributed by atoms with van der Waals surface area (Å²) in [5.74, 6) is -0.626. The molecule has 1 N–H and O–H groups in total. The minimum Gasteiger partial charge on any atom is -0.435 e. The maximum Gasteiger partial charge on any atom is 0.387 e. The SMILES string of the molecule is Cc1cc(C(=O)CN2C(=O)NC3(CCCC3)C2=O)c(C)n1-c1ccc(OC(F)F)cc1. The van der Waals surface area contributed by atoms with Crippen molar-refractivity contribution in [3.63, 3.8) is 0 Å². The van der Waals surface area contributed by atoms with Crippen molar-refractivity contribution in [2.45, 2.75) is 51.7 Å². The highest BCUT2D eigenvalue weighted by atomic mass is 19.3. The Bertz CT molecular complexity index is 1040. The van der Waals surface area contributed by atoms with Crippen LogP contribution < -0.4 is 10.1 Å². The smallest absolute Gasteiger partial charge is 0.387 e. The number of Topliss-reactive ketones (excluding diaryl/α,β-unsaturated/α-hetero) is 1. The van der Waals surface area contributed by atoms with E-state index in [9.17, 15) is 23.2 Å². The summed E-state index contributed by atoms with van der Waals surface area (Å²) in [6.45, 7) is 0.347. The van der Waals surface area contributed by atoms with Gasteiger partial charge in [-0.1, -0.05) is 12.8 Å². The molecule has 1 aromatic heterocycles. The van der Waals surface area contributed by atoms with Gasteiger partial charge in [-0.15, -0.1) is 0 Å². The van der Waals surface area contributed by atoms with Gasteiger partial charge in [0.25, 0.3) is 5.91 Å². The molecule has 1 aliphatic carbocycles. The number of carbonyl (C=O) groups excluding carboxylic acids is 3. The number of ketones is 1. The summed E-state index contributed by atoms with van der Waals surface area (Å²) >= 11 is 0. The minimum absolute atomic E-state index is 0.0388. The van der Waals surface area contributed by atoms with E-state index >= 15 is 0 Å². The van der Waals surface area contributed by atoms with Gasteiger partial charge in [0.05, 0.1) is 6.54 Å². The fourth-order valence-corrected chi connectivity index (χ4v) is 4.59. The number of amides is 3. The fourth-order valence-electron chi connectivity index (χ4n) is 4.59. The first-order valence-corrected chi connectivity index (χ1v) is 10.1. The molecular weight excluding hydrogens is 408 g/mol. The molecule has 1 saturated carbocycles. The largest absolute Gasteiger partial charge is 0.435 e. The van der Waals surface area contributed by atoms with Gasteiger partial charge in [-0.2, -0.15) is 8.78 Å². The molecule has 4 rings (SSSR count). The van der Waals surface area contributed by atoms with Crippen LogP contribution in [0.1, 0.15) is 47.4 Å². The van der Waals surface area contributed by atoms with Crippen molar-refractivity contribution >= 4 is 17.7 Å². The standard InChI is InChI=1S/C22H23F2N3O4/c1-13-11-17(14(2)27(13)15-5-7-16(8-6-15)31-20(23)24)18(28)12-26-19(29)22(25-21(26)30)9-3-4-10-22/h5-8,11,20H,3-4,9-10,12H2,1-2H3,(H,25,30). The number of imide groups is 1. The van der Waals surface area contributed by atoms with E-state index < -0.39 is 18.2 Å². The molecule has 2 aromatic rings. The minimum atomic E-state index is -2.90. The van der Waals surface area contributed by atoms with Crippen LogP contribution in [0.4, 0.5) is 13.6 Å². The molecule has 1 spiro atoms. The molecule has 3 amide bonds. The monoisotopic (exact) mass is 431 g/mol. The second kappa shape index (κ2) is 7.79. The Morgan fingerprint density at radius 2 is 1.81 bits per heavy atom. The van der Waals surface area contributed by atoms with Gasteiger partial charge in [0, 0.05) is 22.6 Å². The number of rotatable bonds is 6. The number of ether oxygens (including phenoxy) is 1. The lowest BCUT2D eigenvalue weighted by molar-refractivity contribution is -0.130. The molecule has 2 aliphatic rings. The second-order valence-electron chi connectivity index (χ2n) is 8.03. The van der Waals surface area contributed by atoms with Crippen LogP contribution >= 0.6 is 0 Å². The molecule has 31 heavy (non-hydrogen) atoms. The third-order valence-electron chi connectivity index (χ3n) is 6.06. The lowest BCUT2D eigenvalue weighted by Gasteiger charge is -2.19. The van der Waals surface area contributed by atoms with Crippen molar-refractivity contribution < 1.29 is 27.9 Å². The first-order chi connectivity index (χ1) is 14.7. The summed E-state index contributed by atoms with van der Waals surface area (Å²) in [7, 11) is 0. The molecule has 1 aliphatic heterocycles. The average molecular weight is 431 g/mol. The van der Waals surface area contributed by atoms with Crippen LogP contribution in [0.15, 0.2) is 30.3 Å². The van der Waals surface area contributed by atoms with Gasteiger partial charge in [-0.05, 0) is 57.0 Å². The molecule has 0 unspecified atom stereocenters. The molecule has 2 heterocycles. The number of aromatic nitrogens is 1. The first-order valence-electron chi connectivity index (χ1n) is 10.1. The zero-order valence-electron chi connectivity index (χ0n) is 17.3. The first kappa shape index (κ1) is 21.0. The third-order valence-corrected chi connectivity index (χ3v) is 6.06. The van der Waals surface area contributed by atoms with Gasteiger partial charge in [-0.25, -0.2) is 4.79 Å². The number of alkyl halides is 2. The Hall–Kier alpha value is -3.23. The van der Waals surface area contributed by atoms with Crippen molar-refractivity contribution in [2.75, 3.05) is 6.54 Å². The van der Waals surface area contributed by atoms with Crippen LogP contribution in [-0.2, 0) is 4.79 Å². The summed E-state index contributed by atoms with van der Waals surface area (Å²) in [5, 5.41) is 2.78. The highest BCUT2D eigenvalue weighted by molar-refractivity contribution is 6.11. The number of hydrogen-bond acceptors (Lipinski definition) is 4. The predicted octanol–water partition coefficient (Wildman–Crippen LogP) is 3.74. The number of aryl methyl sites for hydroxylation is 1. The maximum absolute atomic E-state index is 13.0. The van der Waals surface area contributed by atoms with Gasteiger partial charge in [-0.3, -0.25) is 14.5 Å². The van der Waals surface area contributed by atoms with Crippen molar-refractivity contribution in [1.29, 1.82) is 0 Å². The van der Waals surface area contributed by atoms with Gasteiger partial charge in [0.1, 0.15) is 11.3 Å². The van der Waals surface area contributed by atoms with Crippen molar-refractivity contribution in [2.24, 2.45) is 0 Å². The molecule has 0 bridgehead atoms. The Morgan fingerprint density at radius 1 is 1.16 bits per heavy atom. The Labute approximate surface area is 178 Å². The van der Waals surface area contributed by atoms with Crippen LogP contribution in [0.3, 0.4) is 0 Å². The lowest BCUT2D eigenvalue weighted by Crippen LogP contribution is -2.44. The van der Waals surface area contributed by atoms with E-state index in [2.05, 4.69) is 10.1 Å². The van der Waals surface area contributed by atoms with Gasteiger partial charge < -0.3 is 14.6 Å². The number of nitrogens with zero attached hydrogens (tertiary/aromatic N) is 2. The number of urea groups is 1. The molecule has 1 aromatic carbocycles.